The molecular weight excluding hydrogens is 358 g/mol. The van der Waals surface area contributed by atoms with Crippen LogP contribution in [0.15, 0.2) is 65.5 Å². The molecule has 0 saturated carbocycles. The molecule has 0 aliphatic heterocycles. The number of aromatic nitrogens is 1. The second kappa shape index (κ2) is 7.79. The predicted octanol–water partition coefficient (Wildman–Crippen LogP) is 0.782. The van der Waals surface area contributed by atoms with E-state index in [2.05, 4.69) is 5.32 Å². The van der Waals surface area contributed by atoms with Gasteiger partial charge in [0, 0.05) is 18.0 Å². The molecule has 0 radical (unpaired) electrons. The van der Waals surface area contributed by atoms with Crippen LogP contribution in [0.2, 0.25) is 0 Å². The monoisotopic (exact) mass is 369 g/mol. The lowest BCUT2D eigenvalue weighted by Crippen LogP contribution is -2.33. The Bertz CT molecular complexity index is 1030. The Labute approximate surface area is 149 Å². The van der Waals surface area contributed by atoms with Crippen molar-refractivity contribution in [2.75, 3.05) is 5.32 Å². The number of anilines is 1. The van der Waals surface area contributed by atoms with Crippen LogP contribution < -0.4 is 14.8 Å². The van der Waals surface area contributed by atoms with Gasteiger partial charge in [0.05, 0.1) is 4.90 Å². The highest BCUT2D eigenvalue weighted by atomic mass is 32.2. The second-order valence-corrected chi connectivity index (χ2v) is 6.52. The Morgan fingerprint density at radius 2 is 1.81 bits per heavy atom. The summed E-state index contributed by atoms with van der Waals surface area (Å²) >= 11 is 0. The first-order chi connectivity index (χ1) is 12.4. The van der Waals surface area contributed by atoms with Gasteiger partial charge in [0.15, 0.2) is 12.4 Å². The summed E-state index contributed by atoms with van der Waals surface area (Å²) in [5.41, 5.74) is 0.191. The number of benzene rings is 1. The van der Waals surface area contributed by atoms with Gasteiger partial charge in [-0.25, -0.2) is 13.1 Å². The van der Waals surface area contributed by atoms with E-state index in [-0.39, 0.29) is 16.0 Å². The summed E-state index contributed by atoms with van der Waals surface area (Å²) in [4.78, 5) is 11.8. The molecule has 130 valence electrons. The molecule has 2 rings (SSSR count). The Morgan fingerprint density at radius 3 is 2.38 bits per heavy atom. The lowest BCUT2D eigenvalue weighted by atomic mass is 10.3. The Balaban J connectivity index is 2.14. The number of allylic oxidation sites excluding steroid dienone is 1. The summed E-state index contributed by atoms with van der Waals surface area (Å²) in [6, 6.07) is 11.2. The fourth-order valence-electron chi connectivity index (χ4n) is 1.80. The molecule has 1 heterocycles. The maximum absolute atomic E-state index is 12.2. The van der Waals surface area contributed by atoms with Gasteiger partial charge >= 0.3 is 0 Å². The molecule has 26 heavy (non-hydrogen) atoms. The number of hydrogen-bond donors (Lipinski definition) is 2. The molecule has 1 aromatic heterocycles. The molecule has 0 aliphatic rings. The Hall–Kier alpha value is -3.89. The minimum atomic E-state index is -4.14. The number of hydrogen-bond acceptors (Lipinski definition) is 7. The zero-order chi connectivity index (χ0) is 19.2. The molecule has 0 unspecified atom stereocenters. The highest BCUT2D eigenvalue weighted by Gasteiger charge is 2.19. The summed E-state index contributed by atoms with van der Waals surface area (Å²) in [5.74, 6) is -0.937. The van der Waals surface area contributed by atoms with E-state index in [0.29, 0.717) is 10.4 Å². The standard InChI is InChI=1S/C16H11N5O4S/c17-8-12(9-18)10-19-14-3-5-15(6-4-14)26(24,25)20-16(22)13-2-1-7-21(23)11-13/h1-7,10-11,19H,(H,20,22). The summed E-state index contributed by atoms with van der Waals surface area (Å²) in [6.45, 7) is 0. The van der Waals surface area contributed by atoms with Crippen molar-refractivity contribution in [1.29, 1.82) is 10.5 Å². The maximum Gasteiger partial charge on any atom is 0.271 e. The van der Waals surface area contributed by atoms with Crippen molar-refractivity contribution in [2.24, 2.45) is 0 Å². The van der Waals surface area contributed by atoms with Crippen molar-refractivity contribution in [3.63, 3.8) is 0 Å². The van der Waals surface area contributed by atoms with Crippen LogP contribution in [0.1, 0.15) is 10.4 Å². The molecule has 0 saturated heterocycles. The largest absolute Gasteiger partial charge is 0.619 e. The smallest absolute Gasteiger partial charge is 0.271 e. The molecule has 2 aromatic rings. The van der Waals surface area contributed by atoms with Gasteiger partial charge in [-0.3, -0.25) is 4.79 Å². The van der Waals surface area contributed by atoms with E-state index in [1.54, 1.807) is 12.1 Å². The third-order valence-electron chi connectivity index (χ3n) is 3.05. The lowest BCUT2D eigenvalue weighted by molar-refractivity contribution is -0.605. The normalized spacial score (nSPS) is 10.1. The van der Waals surface area contributed by atoms with E-state index in [9.17, 15) is 18.4 Å². The van der Waals surface area contributed by atoms with Crippen molar-refractivity contribution < 1.29 is 17.9 Å². The van der Waals surface area contributed by atoms with Gasteiger partial charge in [0.2, 0.25) is 0 Å². The van der Waals surface area contributed by atoms with Gasteiger partial charge in [-0.05, 0) is 30.3 Å². The zero-order valence-electron chi connectivity index (χ0n) is 13.1. The van der Waals surface area contributed by atoms with E-state index >= 15 is 0 Å². The van der Waals surface area contributed by atoms with Crippen LogP contribution in [0.4, 0.5) is 5.69 Å². The first-order valence-electron chi connectivity index (χ1n) is 6.98. The summed E-state index contributed by atoms with van der Waals surface area (Å²) in [6.07, 6.45) is 3.29. The predicted molar refractivity (Wildman–Crippen MR) is 89.4 cm³/mol. The second-order valence-electron chi connectivity index (χ2n) is 4.84. The van der Waals surface area contributed by atoms with Gasteiger partial charge in [0.25, 0.3) is 15.9 Å². The van der Waals surface area contributed by atoms with Crippen LogP contribution in [0.5, 0.6) is 0 Å². The number of carbonyl (C=O) groups excluding carboxylic acids is 1. The van der Waals surface area contributed by atoms with Crippen LogP contribution in [0.25, 0.3) is 0 Å². The summed E-state index contributed by atoms with van der Waals surface area (Å²) in [5, 5.41) is 31.1. The molecular formula is C16H11N5O4S. The third kappa shape index (κ3) is 4.56. The lowest BCUT2D eigenvalue weighted by Gasteiger charge is -2.08. The highest BCUT2D eigenvalue weighted by Crippen LogP contribution is 2.14. The van der Waals surface area contributed by atoms with E-state index in [4.69, 9.17) is 10.5 Å². The molecule has 1 aromatic carbocycles. The number of nitriles is 2. The summed E-state index contributed by atoms with van der Waals surface area (Å²) in [7, 11) is -4.14. The van der Waals surface area contributed by atoms with Crippen molar-refractivity contribution in [1.82, 2.24) is 4.72 Å². The number of pyridine rings is 1. The average Bonchev–Trinajstić information content (AvgIpc) is 2.62. The number of sulfonamides is 1. The van der Waals surface area contributed by atoms with Gasteiger partial charge in [0.1, 0.15) is 23.3 Å². The van der Waals surface area contributed by atoms with Crippen molar-refractivity contribution in [3.8, 4) is 12.1 Å². The van der Waals surface area contributed by atoms with E-state index in [1.807, 2.05) is 4.72 Å². The maximum atomic E-state index is 12.2. The molecule has 0 atom stereocenters. The number of carbonyl (C=O) groups is 1. The molecule has 0 fully saturated rings. The van der Waals surface area contributed by atoms with Gasteiger partial charge in [-0.1, -0.05) is 0 Å². The topological polar surface area (TPSA) is 150 Å². The van der Waals surface area contributed by atoms with Crippen molar-refractivity contribution in [3.05, 3.63) is 71.3 Å². The molecule has 0 aliphatic carbocycles. The van der Waals surface area contributed by atoms with E-state index < -0.39 is 15.9 Å². The van der Waals surface area contributed by atoms with Crippen molar-refractivity contribution in [2.45, 2.75) is 4.90 Å². The van der Waals surface area contributed by atoms with Crippen molar-refractivity contribution >= 4 is 21.6 Å². The number of nitrogens with zero attached hydrogens (tertiary/aromatic N) is 3. The number of nitrogens with one attached hydrogen (secondary N) is 2. The van der Waals surface area contributed by atoms with Crippen LogP contribution in [0, 0.1) is 27.9 Å². The molecule has 2 N–H and O–H groups in total. The first-order valence-corrected chi connectivity index (χ1v) is 8.47. The first kappa shape index (κ1) is 18.4. The average molecular weight is 369 g/mol. The molecule has 9 nitrogen and oxygen atoms in total. The molecule has 0 bridgehead atoms. The molecule has 1 amide bonds. The molecule has 10 heteroatoms. The van der Waals surface area contributed by atoms with Gasteiger partial charge in [-0.15, -0.1) is 0 Å². The van der Waals surface area contributed by atoms with E-state index in [1.165, 1.54) is 42.6 Å². The van der Waals surface area contributed by atoms with Crippen LogP contribution >= 0.6 is 0 Å². The number of rotatable bonds is 5. The SMILES string of the molecule is N#CC(C#N)=CNc1ccc(S(=O)(=O)NC(=O)c2ccc[n+]([O-])c2)cc1. The minimum absolute atomic E-state index is 0.102. The number of amides is 1. The van der Waals surface area contributed by atoms with E-state index in [0.717, 1.165) is 12.4 Å². The zero-order valence-corrected chi connectivity index (χ0v) is 13.9. The highest BCUT2D eigenvalue weighted by molar-refractivity contribution is 7.90. The fraction of sp³-hybridized carbons (Fsp3) is 0. The van der Waals surface area contributed by atoms with Gasteiger partial charge in [-0.2, -0.15) is 15.3 Å². The third-order valence-corrected chi connectivity index (χ3v) is 4.40. The quantitative estimate of drug-likeness (QED) is 0.449. The minimum Gasteiger partial charge on any atom is -0.619 e. The Kier molecular flexibility index (Phi) is 5.53. The van der Waals surface area contributed by atoms with Crippen LogP contribution in [0.3, 0.4) is 0 Å². The molecule has 0 spiro atoms. The van der Waals surface area contributed by atoms with Crippen LogP contribution in [-0.2, 0) is 10.0 Å². The summed E-state index contributed by atoms with van der Waals surface area (Å²) < 4.78 is 26.7. The van der Waals surface area contributed by atoms with Gasteiger partial charge < -0.3 is 10.5 Å². The fourth-order valence-corrected chi connectivity index (χ4v) is 2.78. The van der Waals surface area contributed by atoms with Crippen LogP contribution in [-0.4, -0.2) is 14.3 Å². The Morgan fingerprint density at radius 1 is 1.15 bits per heavy atom.